The first kappa shape index (κ1) is 18.3. The van der Waals surface area contributed by atoms with Gasteiger partial charge in [0.05, 0.1) is 24.6 Å². The van der Waals surface area contributed by atoms with Crippen molar-refractivity contribution in [2.45, 2.75) is 33.2 Å². The Morgan fingerprint density at radius 1 is 1.32 bits per heavy atom. The molecular weight excluding hydrogens is 361 g/mol. The number of rotatable bonds is 3. The highest BCUT2D eigenvalue weighted by Crippen LogP contribution is 2.35. The molecule has 0 bridgehead atoms. The second kappa shape index (κ2) is 6.82. The molecule has 1 amide bonds. The Balaban J connectivity index is 1.61. The fourth-order valence-corrected chi connectivity index (χ4v) is 3.88. The molecule has 1 aromatic carbocycles. The van der Waals surface area contributed by atoms with Crippen molar-refractivity contribution in [3.8, 4) is 5.75 Å². The molecule has 2 aliphatic rings. The van der Waals surface area contributed by atoms with Crippen LogP contribution in [0.4, 0.5) is 4.39 Å². The SMILES string of the molecule is CC1=c2c(C)c(CC(=O)N[C@H]3COc4cc(C)cc(F)c43)c(=O)[nH]c2=C[CH]N1. The van der Waals surface area contributed by atoms with Gasteiger partial charge in [0.1, 0.15) is 18.2 Å². The standard InChI is InChI=1S/C21H21FN3O3/c1-10-6-14(22)20-16(9-28-17(20)7-10)24-18(26)8-13-11(2)19-12(3)23-5-4-15(19)25-21(13)27/h4-7,16,23H,8-9H2,1-3H3,(H,24,26)(H,25,27)/t16-/m0/s1. The van der Waals surface area contributed by atoms with Gasteiger partial charge in [-0.3, -0.25) is 9.59 Å². The Kier molecular flexibility index (Phi) is 4.45. The molecule has 0 saturated heterocycles. The number of H-pyrrole nitrogens is 1. The lowest BCUT2D eigenvalue weighted by Crippen LogP contribution is -2.45. The van der Waals surface area contributed by atoms with Crippen LogP contribution in [0, 0.1) is 26.2 Å². The van der Waals surface area contributed by atoms with Crippen molar-refractivity contribution < 1.29 is 13.9 Å². The third-order valence-corrected chi connectivity index (χ3v) is 5.21. The molecule has 7 heteroatoms. The van der Waals surface area contributed by atoms with E-state index in [1.54, 1.807) is 25.6 Å². The van der Waals surface area contributed by atoms with Crippen molar-refractivity contribution >= 4 is 17.7 Å². The quantitative estimate of drug-likeness (QED) is 0.726. The molecule has 0 aliphatic carbocycles. The summed E-state index contributed by atoms with van der Waals surface area (Å²) < 4.78 is 19.9. The minimum absolute atomic E-state index is 0.0925. The van der Waals surface area contributed by atoms with Crippen LogP contribution >= 0.6 is 0 Å². The summed E-state index contributed by atoms with van der Waals surface area (Å²) in [6, 6.07) is 2.60. The number of hydrogen-bond donors (Lipinski definition) is 3. The number of carbonyl (C=O) groups excluding carboxylic acids is 1. The summed E-state index contributed by atoms with van der Waals surface area (Å²) in [6.07, 6.45) is 1.70. The van der Waals surface area contributed by atoms with E-state index in [1.807, 2.05) is 13.8 Å². The lowest BCUT2D eigenvalue weighted by molar-refractivity contribution is -0.121. The summed E-state index contributed by atoms with van der Waals surface area (Å²) in [5.74, 6) is -0.302. The van der Waals surface area contributed by atoms with Gasteiger partial charge >= 0.3 is 0 Å². The fourth-order valence-electron chi connectivity index (χ4n) is 3.88. The van der Waals surface area contributed by atoms with Crippen molar-refractivity contribution in [2.75, 3.05) is 6.61 Å². The number of hydrogen-bond acceptors (Lipinski definition) is 4. The molecular formula is C21H21FN3O3. The summed E-state index contributed by atoms with van der Waals surface area (Å²) in [5, 5.41) is 7.52. The van der Waals surface area contributed by atoms with Crippen molar-refractivity contribution in [3.05, 3.63) is 67.7 Å². The predicted molar refractivity (Wildman–Crippen MR) is 103 cm³/mol. The van der Waals surface area contributed by atoms with E-state index in [2.05, 4.69) is 15.6 Å². The molecule has 28 heavy (non-hydrogen) atoms. The normalized spacial score (nSPS) is 17.1. The summed E-state index contributed by atoms with van der Waals surface area (Å²) >= 11 is 0. The molecule has 0 spiro atoms. The number of carbonyl (C=O) groups is 1. The lowest BCUT2D eigenvalue weighted by Gasteiger charge is -2.15. The second-order valence-corrected chi connectivity index (χ2v) is 7.22. The average molecular weight is 382 g/mol. The monoisotopic (exact) mass is 382 g/mol. The van der Waals surface area contributed by atoms with Crippen LogP contribution in [-0.2, 0) is 11.2 Å². The number of benzene rings is 1. The van der Waals surface area contributed by atoms with E-state index < -0.39 is 11.9 Å². The van der Waals surface area contributed by atoms with E-state index in [9.17, 15) is 14.0 Å². The molecule has 1 radical (unpaired) electrons. The number of halogens is 1. The van der Waals surface area contributed by atoms with Crippen molar-refractivity contribution in [1.82, 2.24) is 15.6 Å². The predicted octanol–water partition coefficient (Wildman–Crippen LogP) is 0.597. The number of ether oxygens (including phenoxy) is 1. The molecule has 6 nitrogen and oxygen atoms in total. The zero-order chi connectivity index (χ0) is 20.0. The van der Waals surface area contributed by atoms with Gasteiger partial charge in [-0.2, -0.15) is 0 Å². The minimum atomic E-state index is -0.571. The van der Waals surface area contributed by atoms with Crippen LogP contribution < -0.4 is 31.5 Å². The number of aromatic nitrogens is 1. The Morgan fingerprint density at radius 3 is 2.89 bits per heavy atom. The largest absolute Gasteiger partial charge is 0.491 e. The molecule has 0 unspecified atom stereocenters. The Morgan fingerprint density at radius 2 is 2.11 bits per heavy atom. The number of amides is 1. The van der Waals surface area contributed by atoms with Crippen LogP contribution in [0.2, 0.25) is 0 Å². The first-order chi connectivity index (χ1) is 13.3. The second-order valence-electron chi connectivity index (χ2n) is 7.22. The molecule has 3 N–H and O–H groups in total. The van der Waals surface area contributed by atoms with Crippen LogP contribution in [0.25, 0.3) is 11.8 Å². The summed E-state index contributed by atoms with van der Waals surface area (Å²) in [6.45, 7) is 7.45. The fraction of sp³-hybridized carbons (Fsp3) is 0.286. The topological polar surface area (TPSA) is 83.2 Å². The highest BCUT2D eigenvalue weighted by molar-refractivity contribution is 5.79. The summed E-state index contributed by atoms with van der Waals surface area (Å²) in [4.78, 5) is 28.0. The van der Waals surface area contributed by atoms with Crippen molar-refractivity contribution in [3.63, 3.8) is 0 Å². The molecule has 0 saturated carbocycles. The van der Waals surface area contributed by atoms with Crippen LogP contribution in [-0.4, -0.2) is 17.5 Å². The van der Waals surface area contributed by atoms with E-state index in [1.165, 1.54) is 6.07 Å². The Hall–Kier alpha value is -3.09. The zero-order valence-electron chi connectivity index (χ0n) is 15.9. The molecule has 2 aliphatic heterocycles. The molecule has 1 atom stereocenters. The van der Waals surface area contributed by atoms with Crippen LogP contribution in [0.1, 0.15) is 35.2 Å². The first-order valence-corrected chi connectivity index (χ1v) is 9.10. The minimum Gasteiger partial charge on any atom is -0.491 e. The maximum atomic E-state index is 14.3. The molecule has 1 aromatic heterocycles. The molecule has 0 fully saturated rings. The first-order valence-electron chi connectivity index (χ1n) is 9.10. The van der Waals surface area contributed by atoms with Gasteiger partial charge in [-0.25, -0.2) is 4.39 Å². The third kappa shape index (κ3) is 3.06. The highest BCUT2D eigenvalue weighted by Gasteiger charge is 2.29. The van der Waals surface area contributed by atoms with Gasteiger partial charge in [-0.05, 0) is 50.1 Å². The maximum absolute atomic E-state index is 14.3. The van der Waals surface area contributed by atoms with E-state index >= 15 is 0 Å². The third-order valence-electron chi connectivity index (χ3n) is 5.21. The number of aromatic amines is 1. The van der Waals surface area contributed by atoms with Crippen molar-refractivity contribution in [1.29, 1.82) is 0 Å². The number of fused-ring (bicyclic) bond motifs is 2. The van der Waals surface area contributed by atoms with Gasteiger partial charge in [0, 0.05) is 21.8 Å². The molecule has 2 aromatic rings. The van der Waals surface area contributed by atoms with Gasteiger partial charge < -0.3 is 20.4 Å². The highest BCUT2D eigenvalue weighted by atomic mass is 19.1. The Bertz CT molecular complexity index is 1170. The van der Waals surface area contributed by atoms with Gasteiger partial charge in [-0.1, -0.05) is 0 Å². The van der Waals surface area contributed by atoms with Gasteiger partial charge in [0.2, 0.25) is 5.91 Å². The van der Waals surface area contributed by atoms with Crippen LogP contribution in [0.3, 0.4) is 0 Å². The van der Waals surface area contributed by atoms with E-state index in [-0.39, 0.29) is 24.5 Å². The van der Waals surface area contributed by atoms with E-state index in [0.29, 0.717) is 16.9 Å². The smallest absolute Gasteiger partial charge is 0.252 e. The van der Waals surface area contributed by atoms with Gasteiger partial charge in [0.25, 0.3) is 5.56 Å². The number of pyridine rings is 1. The zero-order valence-corrected chi connectivity index (χ0v) is 15.9. The maximum Gasteiger partial charge on any atom is 0.252 e. The lowest BCUT2D eigenvalue weighted by atomic mass is 10.0. The number of nitrogens with one attached hydrogen (secondary N) is 3. The van der Waals surface area contributed by atoms with E-state index in [4.69, 9.17) is 4.74 Å². The molecule has 3 heterocycles. The number of aryl methyl sites for hydroxylation is 1. The van der Waals surface area contributed by atoms with Crippen LogP contribution in [0.5, 0.6) is 5.75 Å². The average Bonchev–Trinajstić information content (AvgIpc) is 3.01. The summed E-state index contributed by atoms with van der Waals surface area (Å²) in [7, 11) is 0. The summed E-state index contributed by atoms with van der Waals surface area (Å²) in [5.41, 5.74) is 2.88. The van der Waals surface area contributed by atoms with Crippen molar-refractivity contribution in [2.24, 2.45) is 0 Å². The molecule has 145 valence electrons. The Labute approximate surface area is 161 Å². The van der Waals surface area contributed by atoms with Gasteiger partial charge in [-0.15, -0.1) is 0 Å². The molecule has 4 rings (SSSR count). The van der Waals surface area contributed by atoms with E-state index in [0.717, 1.165) is 27.4 Å². The van der Waals surface area contributed by atoms with Gasteiger partial charge in [0.15, 0.2) is 0 Å². The van der Waals surface area contributed by atoms with Crippen LogP contribution in [0.15, 0.2) is 16.9 Å².